The average Bonchev–Trinajstić information content (AvgIpc) is 2.38. The van der Waals surface area contributed by atoms with Crippen LogP contribution in [0.3, 0.4) is 0 Å². The molecule has 0 bridgehead atoms. The van der Waals surface area contributed by atoms with Gasteiger partial charge in [0.05, 0.1) is 23.9 Å². The standard InChI is InChI=1S/C11H16ClFN2O4S/c1-19-5-3-15(2-4-16)20(17,18)11-7-10(14)9(13)6-8(11)12/h6-7,16H,2-5,14H2,1H3. The van der Waals surface area contributed by atoms with Gasteiger partial charge in [-0.25, -0.2) is 12.8 Å². The van der Waals surface area contributed by atoms with Crippen LogP contribution in [0.2, 0.25) is 5.02 Å². The van der Waals surface area contributed by atoms with E-state index in [9.17, 15) is 12.8 Å². The zero-order valence-electron chi connectivity index (χ0n) is 10.8. The molecule has 0 aliphatic heterocycles. The van der Waals surface area contributed by atoms with Gasteiger partial charge < -0.3 is 15.6 Å². The van der Waals surface area contributed by atoms with Crippen LogP contribution >= 0.6 is 11.6 Å². The van der Waals surface area contributed by atoms with E-state index in [2.05, 4.69) is 0 Å². The predicted octanol–water partition coefficient (Wildman–Crippen LogP) is 0.691. The van der Waals surface area contributed by atoms with Crippen LogP contribution in [0.4, 0.5) is 10.1 Å². The quantitative estimate of drug-likeness (QED) is 0.719. The topological polar surface area (TPSA) is 92.9 Å². The molecule has 0 saturated heterocycles. The second-order valence-corrected chi connectivity index (χ2v) is 6.24. The van der Waals surface area contributed by atoms with Crippen molar-refractivity contribution >= 4 is 27.3 Å². The van der Waals surface area contributed by atoms with E-state index in [1.165, 1.54) is 7.11 Å². The van der Waals surface area contributed by atoms with Crippen molar-refractivity contribution < 1.29 is 22.7 Å². The molecular formula is C11H16ClFN2O4S. The van der Waals surface area contributed by atoms with Crippen LogP contribution in [0.15, 0.2) is 17.0 Å². The van der Waals surface area contributed by atoms with Crippen LogP contribution in [0.5, 0.6) is 0 Å². The summed E-state index contributed by atoms with van der Waals surface area (Å²) >= 11 is 5.77. The summed E-state index contributed by atoms with van der Waals surface area (Å²) in [5.74, 6) is -0.792. The Hall–Kier alpha value is -0.930. The molecule has 0 aliphatic rings. The first-order valence-electron chi connectivity index (χ1n) is 5.69. The summed E-state index contributed by atoms with van der Waals surface area (Å²) in [7, 11) is -2.57. The summed E-state index contributed by atoms with van der Waals surface area (Å²) < 4.78 is 43.9. The minimum Gasteiger partial charge on any atom is -0.396 e. The Morgan fingerprint density at radius 3 is 2.65 bits per heavy atom. The first kappa shape index (κ1) is 17.1. The Labute approximate surface area is 121 Å². The molecule has 1 aromatic rings. The van der Waals surface area contributed by atoms with Crippen LogP contribution in [0.1, 0.15) is 0 Å². The van der Waals surface area contributed by atoms with Gasteiger partial charge in [0.25, 0.3) is 0 Å². The number of halogens is 2. The zero-order valence-corrected chi connectivity index (χ0v) is 12.4. The van der Waals surface area contributed by atoms with E-state index in [-0.39, 0.29) is 41.9 Å². The smallest absolute Gasteiger partial charge is 0.244 e. The van der Waals surface area contributed by atoms with Crippen LogP contribution < -0.4 is 5.73 Å². The van der Waals surface area contributed by atoms with Gasteiger partial charge in [0.2, 0.25) is 10.0 Å². The minimum atomic E-state index is -3.99. The van der Waals surface area contributed by atoms with Gasteiger partial charge in [-0.1, -0.05) is 11.6 Å². The van der Waals surface area contributed by atoms with E-state index in [1.807, 2.05) is 0 Å². The third kappa shape index (κ3) is 3.80. The van der Waals surface area contributed by atoms with Gasteiger partial charge >= 0.3 is 0 Å². The van der Waals surface area contributed by atoms with Gasteiger partial charge in [-0.15, -0.1) is 0 Å². The lowest BCUT2D eigenvalue weighted by Crippen LogP contribution is -2.36. The molecule has 0 fully saturated rings. The second kappa shape index (κ2) is 7.19. The fourth-order valence-corrected chi connectivity index (χ4v) is 3.48. The fourth-order valence-electron chi connectivity index (χ4n) is 1.54. The number of rotatable bonds is 7. The number of ether oxygens (including phenoxy) is 1. The van der Waals surface area contributed by atoms with Crippen molar-refractivity contribution in [2.45, 2.75) is 4.90 Å². The van der Waals surface area contributed by atoms with Crippen molar-refractivity contribution in [3.05, 3.63) is 23.0 Å². The van der Waals surface area contributed by atoms with Crippen LogP contribution in [0, 0.1) is 5.82 Å². The van der Waals surface area contributed by atoms with Crippen LogP contribution in [0.25, 0.3) is 0 Å². The number of hydrogen-bond acceptors (Lipinski definition) is 5. The lowest BCUT2D eigenvalue weighted by molar-refractivity contribution is 0.168. The predicted molar refractivity (Wildman–Crippen MR) is 73.5 cm³/mol. The molecule has 0 unspecified atom stereocenters. The number of nitrogens with two attached hydrogens (primary N) is 1. The molecule has 9 heteroatoms. The Kier molecular flexibility index (Phi) is 6.15. The molecule has 114 valence electrons. The van der Waals surface area contributed by atoms with Crippen molar-refractivity contribution in [3.63, 3.8) is 0 Å². The molecule has 0 radical (unpaired) electrons. The Balaban J connectivity index is 3.22. The van der Waals surface area contributed by atoms with E-state index in [4.69, 9.17) is 27.2 Å². The Morgan fingerprint density at radius 2 is 2.10 bits per heavy atom. The lowest BCUT2D eigenvalue weighted by atomic mass is 10.3. The number of anilines is 1. The average molecular weight is 327 g/mol. The van der Waals surface area contributed by atoms with Gasteiger partial charge in [0, 0.05) is 20.2 Å². The Morgan fingerprint density at radius 1 is 1.45 bits per heavy atom. The van der Waals surface area contributed by atoms with Crippen molar-refractivity contribution in [3.8, 4) is 0 Å². The molecule has 20 heavy (non-hydrogen) atoms. The number of sulfonamides is 1. The zero-order chi connectivity index (χ0) is 15.3. The monoisotopic (exact) mass is 326 g/mol. The molecule has 3 N–H and O–H groups in total. The molecular weight excluding hydrogens is 311 g/mol. The Bertz CT molecular complexity index is 568. The normalized spacial score (nSPS) is 12.1. The SMILES string of the molecule is COCCN(CCO)S(=O)(=O)c1cc(N)c(F)cc1Cl. The van der Waals surface area contributed by atoms with Gasteiger partial charge in [-0.3, -0.25) is 0 Å². The van der Waals surface area contributed by atoms with E-state index < -0.39 is 15.8 Å². The summed E-state index contributed by atoms with van der Waals surface area (Å²) in [6, 6.07) is 1.81. The van der Waals surface area contributed by atoms with E-state index >= 15 is 0 Å². The molecule has 6 nitrogen and oxygen atoms in total. The van der Waals surface area contributed by atoms with Gasteiger partial charge in [-0.05, 0) is 12.1 Å². The van der Waals surface area contributed by atoms with Gasteiger partial charge in [0.15, 0.2) is 0 Å². The summed E-state index contributed by atoms with van der Waals surface area (Å²) in [4.78, 5) is -0.303. The lowest BCUT2D eigenvalue weighted by Gasteiger charge is -2.21. The molecule has 0 atom stereocenters. The van der Waals surface area contributed by atoms with Crippen molar-refractivity contribution in [1.82, 2.24) is 4.31 Å². The first-order valence-corrected chi connectivity index (χ1v) is 7.51. The van der Waals surface area contributed by atoms with Crippen molar-refractivity contribution in [1.29, 1.82) is 0 Å². The maximum absolute atomic E-state index is 13.2. The number of aliphatic hydroxyl groups excluding tert-OH is 1. The highest BCUT2D eigenvalue weighted by molar-refractivity contribution is 7.89. The first-order chi connectivity index (χ1) is 9.34. The molecule has 0 saturated carbocycles. The summed E-state index contributed by atoms with van der Waals surface area (Å²) in [6.07, 6.45) is 0. The summed E-state index contributed by atoms with van der Waals surface area (Å²) in [5.41, 5.74) is 5.05. The molecule has 0 spiro atoms. The third-order valence-electron chi connectivity index (χ3n) is 2.56. The molecule has 0 aliphatic carbocycles. The molecule has 1 rings (SSSR count). The van der Waals surface area contributed by atoms with Gasteiger partial charge in [-0.2, -0.15) is 4.31 Å². The van der Waals surface area contributed by atoms with Crippen LogP contribution in [-0.4, -0.2) is 51.2 Å². The second-order valence-electron chi connectivity index (χ2n) is 3.92. The van der Waals surface area contributed by atoms with E-state index in [0.717, 1.165) is 16.4 Å². The highest BCUT2D eigenvalue weighted by Crippen LogP contribution is 2.28. The third-order valence-corrected chi connectivity index (χ3v) is 4.93. The van der Waals surface area contributed by atoms with E-state index in [1.54, 1.807) is 0 Å². The maximum atomic E-state index is 13.2. The molecule has 0 amide bonds. The fraction of sp³-hybridized carbons (Fsp3) is 0.455. The van der Waals surface area contributed by atoms with Crippen molar-refractivity contribution in [2.24, 2.45) is 0 Å². The van der Waals surface area contributed by atoms with Crippen LogP contribution in [-0.2, 0) is 14.8 Å². The minimum absolute atomic E-state index is 0.0347. The number of methoxy groups -OCH3 is 1. The van der Waals surface area contributed by atoms with E-state index in [0.29, 0.717) is 0 Å². The number of aliphatic hydroxyl groups is 1. The molecule has 0 aromatic heterocycles. The summed E-state index contributed by atoms with van der Waals surface area (Å²) in [6.45, 7) is -0.308. The van der Waals surface area contributed by atoms with Gasteiger partial charge in [0.1, 0.15) is 10.7 Å². The number of hydrogen-bond donors (Lipinski definition) is 2. The molecule has 0 heterocycles. The molecule has 1 aromatic carbocycles. The van der Waals surface area contributed by atoms with Crippen molar-refractivity contribution in [2.75, 3.05) is 39.1 Å². The largest absolute Gasteiger partial charge is 0.396 e. The highest BCUT2D eigenvalue weighted by atomic mass is 35.5. The number of nitrogens with zero attached hydrogens (tertiary/aromatic N) is 1. The number of benzene rings is 1. The highest BCUT2D eigenvalue weighted by Gasteiger charge is 2.27. The maximum Gasteiger partial charge on any atom is 0.244 e. The summed E-state index contributed by atoms with van der Waals surface area (Å²) in [5, 5.41) is 8.68. The number of nitrogen functional groups attached to an aromatic ring is 1.